The second kappa shape index (κ2) is 4.48. The van der Waals surface area contributed by atoms with Crippen molar-refractivity contribution in [2.24, 2.45) is 23.7 Å². The number of carbonyl (C=O) groups excluding carboxylic acids is 2. The van der Waals surface area contributed by atoms with Crippen LogP contribution in [0, 0.1) is 23.7 Å². The van der Waals surface area contributed by atoms with Crippen LogP contribution >= 0.6 is 34.8 Å². The fourth-order valence-electron chi connectivity index (χ4n) is 3.83. The molecule has 4 rings (SSSR count). The van der Waals surface area contributed by atoms with Crippen LogP contribution in [0.3, 0.4) is 0 Å². The quantitative estimate of drug-likeness (QED) is 0.440. The molecule has 1 saturated heterocycles. The Kier molecular flexibility index (Phi) is 2.91. The normalized spacial score (nSPS) is 33.2. The third-order valence-electron chi connectivity index (χ3n) is 4.70. The van der Waals surface area contributed by atoms with E-state index in [9.17, 15) is 9.59 Å². The second-order valence-electron chi connectivity index (χ2n) is 5.74. The van der Waals surface area contributed by atoms with Crippen molar-refractivity contribution in [1.29, 1.82) is 0 Å². The predicted molar refractivity (Wildman–Crippen MR) is 81.7 cm³/mol. The first-order valence-corrected chi connectivity index (χ1v) is 7.83. The summed E-state index contributed by atoms with van der Waals surface area (Å²) >= 11 is 17.9. The molecule has 108 valence electrons. The van der Waals surface area contributed by atoms with Gasteiger partial charge in [-0.1, -0.05) is 47.0 Å². The van der Waals surface area contributed by atoms with Crippen molar-refractivity contribution in [2.75, 3.05) is 4.90 Å². The largest absolute Gasteiger partial charge is 0.274 e. The minimum Gasteiger partial charge on any atom is -0.274 e. The van der Waals surface area contributed by atoms with Gasteiger partial charge in [-0.25, -0.2) is 4.90 Å². The van der Waals surface area contributed by atoms with Crippen LogP contribution in [0.1, 0.15) is 6.42 Å². The zero-order chi connectivity index (χ0) is 14.9. The Hall–Kier alpha value is -1.03. The van der Waals surface area contributed by atoms with E-state index >= 15 is 0 Å². The molecule has 21 heavy (non-hydrogen) atoms. The fourth-order valence-corrected chi connectivity index (χ4v) is 4.41. The van der Waals surface area contributed by atoms with Crippen LogP contribution in [0.5, 0.6) is 0 Å². The molecule has 2 amide bonds. The SMILES string of the molecule is O=C1[C@H]2[C@H](C(=O)N1c1cc(Cl)c(Cl)c(Cl)c1)[C@H]1C=C[C@H]2C1. The summed E-state index contributed by atoms with van der Waals surface area (Å²) in [5, 5.41) is 0.693. The maximum Gasteiger partial charge on any atom is 0.238 e. The van der Waals surface area contributed by atoms with Gasteiger partial charge in [0.05, 0.1) is 32.6 Å². The summed E-state index contributed by atoms with van der Waals surface area (Å²) in [6, 6.07) is 3.03. The lowest BCUT2D eigenvalue weighted by Gasteiger charge is -2.18. The summed E-state index contributed by atoms with van der Waals surface area (Å²) in [6.07, 6.45) is 5.02. The molecule has 1 saturated carbocycles. The van der Waals surface area contributed by atoms with E-state index in [0.29, 0.717) is 5.69 Å². The monoisotopic (exact) mass is 341 g/mol. The Balaban J connectivity index is 1.78. The minimum atomic E-state index is -0.235. The Labute approximate surface area is 136 Å². The number of imide groups is 1. The number of rotatable bonds is 1. The summed E-state index contributed by atoms with van der Waals surface area (Å²) in [6.45, 7) is 0. The number of hydrogen-bond acceptors (Lipinski definition) is 2. The molecule has 1 aromatic carbocycles. The van der Waals surface area contributed by atoms with Gasteiger partial charge in [-0.15, -0.1) is 0 Å². The molecule has 2 aliphatic carbocycles. The van der Waals surface area contributed by atoms with E-state index in [-0.39, 0.29) is 50.6 Å². The summed E-state index contributed by atoms with van der Waals surface area (Å²) in [4.78, 5) is 26.5. The van der Waals surface area contributed by atoms with Gasteiger partial charge < -0.3 is 0 Å². The number of benzene rings is 1. The first-order valence-electron chi connectivity index (χ1n) is 6.69. The molecule has 0 spiro atoms. The van der Waals surface area contributed by atoms with E-state index in [1.807, 2.05) is 0 Å². The van der Waals surface area contributed by atoms with Gasteiger partial charge in [0.25, 0.3) is 0 Å². The first-order chi connectivity index (χ1) is 9.99. The summed E-state index contributed by atoms with van der Waals surface area (Å²) in [5.74, 6) is -0.423. The molecule has 0 N–H and O–H groups in total. The second-order valence-corrected chi connectivity index (χ2v) is 6.93. The lowest BCUT2D eigenvalue weighted by atomic mass is 9.85. The molecule has 3 aliphatic rings. The number of hydrogen-bond donors (Lipinski definition) is 0. The smallest absolute Gasteiger partial charge is 0.238 e. The van der Waals surface area contributed by atoms with Gasteiger partial charge in [0.1, 0.15) is 0 Å². The standard InChI is InChI=1S/C15H10Cl3NO2/c16-9-4-8(5-10(17)13(9)18)19-14(20)11-6-1-2-7(3-6)12(11)15(19)21/h1-2,4-7,11-12H,3H2/t6-,7-,11+,12+/m0/s1. The molecule has 0 unspecified atom stereocenters. The molecule has 1 aliphatic heterocycles. The predicted octanol–water partition coefficient (Wildman–Crippen LogP) is 3.96. The zero-order valence-corrected chi connectivity index (χ0v) is 13.0. The lowest BCUT2D eigenvalue weighted by molar-refractivity contribution is -0.123. The molecule has 6 heteroatoms. The van der Waals surface area contributed by atoms with E-state index in [1.54, 1.807) is 0 Å². The highest BCUT2D eigenvalue weighted by molar-refractivity contribution is 6.48. The molecule has 4 atom stereocenters. The number of allylic oxidation sites excluding steroid dienone is 2. The number of halogens is 3. The van der Waals surface area contributed by atoms with Crippen LogP contribution in [0.25, 0.3) is 0 Å². The molecule has 1 aromatic rings. The van der Waals surface area contributed by atoms with Crippen molar-refractivity contribution >= 4 is 52.3 Å². The summed E-state index contributed by atoms with van der Waals surface area (Å²) in [7, 11) is 0. The Bertz CT molecular complexity index is 662. The maximum absolute atomic E-state index is 12.6. The topological polar surface area (TPSA) is 37.4 Å². The highest BCUT2D eigenvalue weighted by Crippen LogP contribution is 2.53. The average Bonchev–Trinajstić information content (AvgIpc) is 3.10. The van der Waals surface area contributed by atoms with Crippen LogP contribution in [0.4, 0.5) is 5.69 Å². The highest BCUT2D eigenvalue weighted by Gasteiger charge is 2.59. The Morgan fingerprint density at radius 3 is 1.86 bits per heavy atom. The van der Waals surface area contributed by atoms with E-state index in [1.165, 1.54) is 17.0 Å². The number of carbonyl (C=O) groups is 2. The molecule has 2 bridgehead atoms. The Morgan fingerprint density at radius 2 is 1.38 bits per heavy atom. The van der Waals surface area contributed by atoms with Crippen LogP contribution in [-0.2, 0) is 9.59 Å². The third-order valence-corrected chi connectivity index (χ3v) is 5.89. The number of anilines is 1. The lowest BCUT2D eigenvalue weighted by Crippen LogP contribution is -2.32. The van der Waals surface area contributed by atoms with E-state index < -0.39 is 0 Å². The number of nitrogens with zero attached hydrogens (tertiary/aromatic N) is 1. The fraction of sp³-hybridized carbons (Fsp3) is 0.333. The Morgan fingerprint density at radius 1 is 0.905 bits per heavy atom. The highest BCUT2D eigenvalue weighted by atomic mass is 35.5. The average molecular weight is 343 g/mol. The maximum atomic E-state index is 12.6. The number of amides is 2. The summed E-state index contributed by atoms with van der Waals surface area (Å²) < 4.78 is 0. The van der Waals surface area contributed by atoms with Gasteiger partial charge in [-0.05, 0) is 30.4 Å². The van der Waals surface area contributed by atoms with E-state index in [4.69, 9.17) is 34.8 Å². The molecule has 1 heterocycles. The third kappa shape index (κ3) is 1.74. The van der Waals surface area contributed by atoms with Gasteiger partial charge in [-0.3, -0.25) is 9.59 Å². The molecular weight excluding hydrogens is 333 g/mol. The van der Waals surface area contributed by atoms with Crippen molar-refractivity contribution in [1.82, 2.24) is 0 Å². The van der Waals surface area contributed by atoms with Crippen molar-refractivity contribution in [3.05, 3.63) is 39.4 Å². The molecule has 0 radical (unpaired) electrons. The van der Waals surface area contributed by atoms with Gasteiger partial charge in [0.2, 0.25) is 11.8 Å². The first kappa shape index (κ1) is 13.6. The van der Waals surface area contributed by atoms with Gasteiger partial charge >= 0.3 is 0 Å². The molecule has 2 fully saturated rings. The zero-order valence-electron chi connectivity index (χ0n) is 10.7. The van der Waals surface area contributed by atoms with E-state index in [2.05, 4.69) is 12.2 Å². The van der Waals surface area contributed by atoms with Crippen LogP contribution in [-0.4, -0.2) is 11.8 Å². The number of fused-ring (bicyclic) bond motifs is 5. The van der Waals surface area contributed by atoms with Crippen molar-refractivity contribution in [2.45, 2.75) is 6.42 Å². The van der Waals surface area contributed by atoms with Crippen LogP contribution < -0.4 is 4.90 Å². The van der Waals surface area contributed by atoms with E-state index in [0.717, 1.165) is 6.42 Å². The van der Waals surface area contributed by atoms with Crippen molar-refractivity contribution in [3.63, 3.8) is 0 Å². The van der Waals surface area contributed by atoms with Gasteiger partial charge in [0.15, 0.2) is 0 Å². The molecule has 3 nitrogen and oxygen atoms in total. The molecule has 0 aromatic heterocycles. The van der Waals surface area contributed by atoms with Crippen LogP contribution in [0.2, 0.25) is 15.1 Å². The minimum absolute atomic E-state index is 0.156. The summed E-state index contributed by atoms with van der Waals surface area (Å²) in [5.41, 5.74) is 0.401. The molecular formula is C15H10Cl3NO2. The van der Waals surface area contributed by atoms with Crippen molar-refractivity contribution < 1.29 is 9.59 Å². The van der Waals surface area contributed by atoms with Crippen LogP contribution in [0.15, 0.2) is 24.3 Å². The van der Waals surface area contributed by atoms with Gasteiger partial charge in [-0.2, -0.15) is 0 Å². The van der Waals surface area contributed by atoms with Gasteiger partial charge in [0, 0.05) is 0 Å². The van der Waals surface area contributed by atoms with Crippen molar-refractivity contribution in [3.8, 4) is 0 Å².